The van der Waals surface area contributed by atoms with Crippen LogP contribution in [0.15, 0.2) is 0 Å². The van der Waals surface area contributed by atoms with E-state index in [2.05, 4.69) is 33.0 Å². The minimum atomic E-state index is -0.141. The molecule has 0 aromatic heterocycles. The van der Waals surface area contributed by atoms with Gasteiger partial charge in [-0.3, -0.25) is 5.73 Å². The second-order valence-electron chi connectivity index (χ2n) is 15.6. The lowest BCUT2D eigenvalue weighted by Crippen LogP contribution is -2.95. The molecule has 5 heteroatoms. The molecule has 0 amide bonds. The zero-order valence-electron chi connectivity index (χ0n) is 24.1. The van der Waals surface area contributed by atoms with Crippen molar-refractivity contribution < 1.29 is 20.9 Å². The third-order valence-corrected chi connectivity index (χ3v) is 11.9. The maximum Gasteiger partial charge on any atom is 0.137 e. The third-order valence-electron chi connectivity index (χ3n) is 11.9. The molecule has 36 heavy (non-hydrogen) atoms. The lowest BCUT2D eigenvalue weighted by molar-refractivity contribution is -0.703. The Hall–Kier alpha value is -0.200. The van der Waals surface area contributed by atoms with Gasteiger partial charge in [0.1, 0.15) is 11.7 Å². The van der Waals surface area contributed by atoms with Crippen molar-refractivity contribution in [1.82, 2.24) is 0 Å². The number of hydrogen-bond donors (Lipinski definition) is 4. The number of aliphatic hydroxyl groups is 1. The topological polar surface area (TPSA) is 99.7 Å². The van der Waals surface area contributed by atoms with Gasteiger partial charge < -0.3 is 20.9 Å². The fourth-order valence-electron chi connectivity index (χ4n) is 10.8. The monoisotopic (exact) mass is 505 g/mol. The average molecular weight is 506 g/mol. The van der Waals surface area contributed by atoms with Gasteiger partial charge in [0, 0.05) is 37.7 Å². The summed E-state index contributed by atoms with van der Waals surface area (Å²) in [6.45, 7) is 10.9. The molecule has 6 aliphatic rings. The van der Waals surface area contributed by atoms with Gasteiger partial charge in [0.15, 0.2) is 0 Å². The van der Waals surface area contributed by atoms with E-state index in [1.54, 1.807) is 0 Å². The molecule has 3 aliphatic carbocycles. The number of nitrogens with two attached hydrogens (primary N) is 2. The van der Waals surface area contributed by atoms with Crippen molar-refractivity contribution in [1.29, 1.82) is 0 Å². The zero-order chi connectivity index (χ0) is 25.8. The number of fused-ring (bicyclic) bond motifs is 3. The van der Waals surface area contributed by atoms with Crippen molar-refractivity contribution >= 4 is 0 Å². The van der Waals surface area contributed by atoms with E-state index in [9.17, 15) is 5.11 Å². The Morgan fingerprint density at radius 2 is 1.81 bits per heavy atom. The van der Waals surface area contributed by atoms with Crippen LogP contribution in [0, 0.1) is 40.9 Å². The first kappa shape index (κ1) is 27.4. The number of piperidine rings is 1. The second kappa shape index (κ2) is 10.1. The quantitative estimate of drug-likeness (QED) is 0.425. The summed E-state index contributed by atoms with van der Waals surface area (Å²) in [7, 11) is 0. The van der Waals surface area contributed by atoms with Crippen molar-refractivity contribution in [2.75, 3.05) is 13.2 Å². The Kier molecular flexibility index (Phi) is 7.66. The Bertz CT molecular complexity index is 765. The van der Waals surface area contributed by atoms with Crippen molar-refractivity contribution in [3.8, 4) is 0 Å². The van der Waals surface area contributed by atoms with Crippen molar-refractivity contribution in [3.05, 3.63) is 0 Å². The van der Waals surface area contributed by atoms with E-state index in [1.165, 1.54) is 83.6 Å². The van der Waals surface area contributed by atoms with Crippen molar-refractivity contribution in [2.24, 2.45) is 46.7 Å². The lowest BCUT2D eigenvalue weighted by atomic mass is 9.50. The highest BCUT2D eigenvalue weighted by molar-refractivity contribution is 5.14. The second-order valence-corrected chi connectivity index (χ2v) is 15.6. The highest BCUT2D eigenvalue weighted by Gasteiger charge is 2.66. The summed E-state index contributed by atoms with van der Waals surface area (Å²) in [6.07, 6.45) is 18.4. The molecule has 2 unspecified atom stereocenters. The predicted octanol–water partition coefficient (Wildman–Crippen LogP) is 3.59. The fourth-order valence-corrected chi connectivity index (χ4v) is 10.8. The van der Waals surface area contributed by atoms with Crippen LogP contribution in [0.4, 0.5) is 0 Å². The Labute approximate surface area is 221 Å². The van der Waals surface area contributed by atoms with E-state index >= 15 is 0 Å². The van der Waals surface area contributed by atoms with Crippen LogP contribution in [0.25, 0.3) is 0 Å². The molecule has 2 bridgehead atoms. The summed E-state index contributed by atoms with van der Waals surface area (Å²) in [5.74, 6) is 4.48. The predicted molar refractivity (Wildman–Crippen MR) is 145 cm³/mol. The Morgan fingerprint density at radius 1 is 1.03 bits per heavy atom. The molecule has 208 valence electrons. The van der Waals surface area contributed by atoms with E-state index in [0.717, 1.165) is 36.5 Å². The summed E-state index contributed by atoms with van der Waals surface area (Å²) >= 11 is 0. The molecule has 6 rings (SSSR count). The van der Waals surface area contributed by atoms with Crippen LogP contribution in [0.3, 0.4) is 0 Å². The minimum absolute atomic E-state index is 0.0425. The van der Waals surface area contributed by atoms with Gasteiger partial charge >= 0.3 is 0 Å². The highest BCUT2D eigenvalue weighted by atomic mass is 16.5. The molecular formula is C31H59N3O2+2. The molecule has 8 N–H and O–H groups in total. The summed E-state index contributed by atoms with van der Waals surface area (Å²) in [4.78, 5) is 0. The summed E-state index contributed by atoms with van der Waals surface area (Å²) in [5.41, 5.74) is 11.4. The number of quaternary nitrogens is 2. The number of hydrogen-bond acceptors (Lipinski definition) is 3. The van der Waals surface area contributed by atoms with Gasteiger partial charge in [-0.05, 0) is 114 Å². The smallest absolute Gasteiger partial charge is 0.137 e. The molecule has 5 nitrogen and oxygen atoms in total. The van der Waals surface area contributed by atoms with Gasteiger partial charge in [0.2, 0.25) is 0 Å². The first-order valence-electron chi connectivity index (χ1n) is 15.7. The molecule has 0 radical (unpaired) electrons. The molecule has 3 heterocycles. The molecule has 3 saturated heterocycles. The molecule has 0 aromatic carbocycles. The highest BCUT2D eigenvalue weighted by Crippen LogP contribution is 2.64. The van der Waals surface area contributed by atoms with Gasteiger partial charge in [-0.1, -0.05) is 13.8 Å². The Balaban J connectivity index is 1.40. The summed E-state index contributed by atoms with van der Waals surface area (Å²) in [5, 5.41) is 12.4. The zero-order valence-corrected chi connectivity index (χ0v) is 24.1. The van der Waals surface area contributed by atoms with Crippen LogP contribution in [-0.4, -0.2) is 41.2 Å². The van der Waals surface area contributed by atoms with Gasteiger partial charge in [0.25, 0.3) is 0 Å². The van der Waals surface area contributed by atoms with E-state index < -0.39 is 0 Å². The lowest BCUT2D eigenvalue weighted by Gasteiger charge is -2.64. The minimum Gasteiger partial charge on any atom is -0.396 e. The molecular weight excluding hydrogens is 446 g/mol. The van der Waals surface area contributed by atoms with E-state index in [-0.39, 0.29) is 23.3 Å². The molecule has 0 aromatic rings. The largest absolute Gasteiger partial charge is 0.396 e. The van der Waals surface area contributed by atoms with Crippen LogP contribution < -0.4 is 16.8 Å². The van der Waals surface area contributed by atoms with E-state index in [0.29, 0.717) is 23.4 Å². The summed E-state index contributed by atoms with van der Waals surface area (Å²) < 4.78 is 7.24. The standard InChI is InChI=1S/C31H57N3O2/c1-21(2)13-22-7-9-29(16-22)17-24(14-23-5-6-27(32)34-19-23)15-25(18-29)31-10-8-26(28(3,4)36-31)30(33,20-31)11-12-35/h21-27,34-35H,5-20,32-33H2,1-4H3/p+2/t22-,23?,24+,25+,26+,27?,29-,30+,31+/m1/s1. The number of rotatable bonds is 7. The van der Waals surface area contributed by atoms with Crippen molar-refractivity contribution in [3.63, 3.8) is 0 Å². The average Bonchev–Trinajstić information content (AvgIpc) is 3.14. The van der Waals surface area contributed by atoms with Crippen LogP contribution >= 0.6 is 0 Å². The van der Waals surface area contributed by atoms with Gasteiger partial charge in [-0.25, -0.2) is 0 Å². The SMILES string of the molecule is CC(C)C[C@H]1CC[C@@]2(C1)C[C@@H](CC1CCC(N)[NH2+]C1)C[C@H]([C@@]13CC[C@@H](C(C)(C)O1)[C@]([NH3+])(CCO)C3)C2. The first-order chi connectivity index (χ1) is 17.0. The van der Waals surface area contributed by atoms with E-state index in [4.69, 9.17) is 16.2 Å². The maximum absolute atomic E-state index is 10.00. The number of aliphatic hydroxyl groups excluding tert-OH is 1. The summed E-state index contributed by atoms with van der Waals surface area (Å²) in [6, 6.07) is 0. The third kappa shape index (κ3) is 5.30. The fraction of sp³-hybridized carbons (Fsp3) is 1.00. The molecule has 9 atom stereocenters. The number of ether oxygens (including phenoxy) is 1. The molecule has 6 fully saturated rings. The first-order valence-corrected chi connectivity index (χ1v) is 15.7. The molecule has 1 spiro atoms. The molecule has 3 saturated carbocycles. The van der Waals surface area contributed by atoms with Crippen LogP contribution in [-0.2, 0) is 4.74 Å². The maximum atomic E-state index is 10.00. The van der Waals surface area contributed by atoms with Gasteiger partial charge in [0.05, 0.1) is 17.7 Å². The van der Waals surface area contributed by atoms with E-state index in [1.807, 2.05) is 0 Å². The normalized spacial score (nSPS) is 48.7. The van der Waals surface area contributed by atoms with Crippen LogP contribution in [0.5, 0.6) is 0 Å². The van der Waals surface area contributed by atoms with Gasteiger partial charge in [-0.15, -0.1) is 0 Å². The van der Waals surface area contributed by atoms with Crippen molar-refractivity contribution in [2.45, 2.75) is 140 Å². The molecule has 3 aliphatic heterocycles. The van der Waals surface area contributed by atoms with Gasteiger partial charge in [-0.2, -0.15) is 0 Å². The van der Waals surface area contributed by atoms with Crippen LogP contribution in [0.1, 0.15) is 118 Å². The Morgan fingerprint density at radius 3 is 2.47 bits per heavy atom. The van der Waals surface area contributed by atoms with Crippen LogP contribution in [0.2, 0.25) is 0 Å².